The number of halogens is 2. The third kappa shape index (κ3) is 4.92. The van der Waals surface area contributed by atoms with Gasteiger partial charge in [0.15, 0.2) is 0 Å². The maximum absolute atomic E-state index is 12.1. The van der Waals surface area contributed by atoms with Crippen molar-refractivity contribution in [2.45, 2.75) is 11.8 Å². The summed E-state index contributed by atoms with van der Waals surface area (Å²) in [6.45, 7) is 2.76. The van der Waals surface area contributed by atoms with Gasteiger partial charge < -0.3 is 10.1 Å². The van der Waals surface area contributed by atoms with E-state index in [9.17, 15) is 8.42 Å². The molecule has 8 heteroatoms. The number of sulfonamides is 1. The summed E-state index contributed by atoms with van der Waals surface area (Å²) in [6.07, 6.45) is 0. The van der Waals surface area contributed by atoms with Crippen LogP contribution in [0.15, 0.2) is 21.5 Å². The molecule has 0 aliphatic rings. The van der Waals surface area contributed by atoms with Crippen molar-refractivity contribution in [3.63, 3.8) is 0 Å². The Labute approximate surface area is 128 Å². The molecule has 1 aromatic carbocycles. The predicted molar refractivity (Wildman–Crippen MR) is 81.8 cm³/mol. The van der Waals surface area contributed by atoms with Crippen molar-refractivity contribution in [1.29, 1.82) is 0 Å². The molecule has 0 saturated heterocycles. The number of ether oxygens (including phenoxy) is 1. The Hall–Kier alpha value is -0.340. The topological polar surface area (TPSA) is 67.4 Å². The minimum Gasteiger partial charge on any atom is -0.495 e. The Morgan fingerprint density at radius 2 is 1.95 bits per heavy atom. The fourth-order valence-corrected chi connectivity index (χ4v) is 3.10. The van der Waals surface area contributed by atoms with Crippen LogP contribution in [-0.4, -0.2) is 35.7 Å². The minimum absolute atomic E-state index is 0. The van der Waals surface area contributed by atoms with Crippen molar-refractivity contribution < 1.29 is 13.2 Å². The molecule has 1 aromatic rings. The number of likely N-dealkylation sites (N-methyl/N-ethyl adjacent to an activating group) is 1. The monoisotopic (exact) mass is 372 g/mol. The molecule has 0 saturated carbocycles. The Kier molecular flexibility index (Phi) is 7.92. The van der Waals surface area contributed by atoms with Crippen LogP contribution in [0.1, 0.15) is 5.56 Å². The number of benzene rings is 1. The molecule has 110 valence electrons. The van der Waals surface area contributed by atoms with Crippen molar-refractivity contribution >= 4 is 38.4 Å². The lowest BCUT2D eigenvalue weighted by Crippen LogP contribution is -2.30. The highest BCUT2D eigenvalue weighted by molar-refractivity contribution is 9.10. The quantitative estimate of drug-likeness (QED) is 0.745. The normalized spacial score (nSPS) is 10.9. The Morgan fingerprint density at radius 1 is 1.32 bits per heavy atom. The van der Waals surface area contributed by atoms with E-state index in [4.69, 9.17) is 4.74 Å². The molecular formula is C11H18BrClN2O3S. The third-order valence-electron chi connectivity index (χ3n) is 2.40. The molecule has 2 N–H and O–H groups in total. The second kappa shape index (κ2) is 8.06. The first-order valence-electron chi connectivity index (χ1n) is 5.40. The van der Waals surface area contributed by atoms with Gasteiger partial charge in [-0.1, -0.05) is 15.9 Å². The van der Waals surface area contributed by atoms with Crippen LogP contribution in [0.5, 0.6) is 5.75 Å². The molecule has 0 unspecified atom stereocenters. The summed E-state index contributed by atoms with van der Waals surface area (Å²) in [4.78, 5) is 0.138. The van der Waals surface area contributed by atoms with Crippen LogP contribution in [0.4, 0.5) is 0 Å². The zero-order valence-electron chi connectivity index (χ0n) is 11.0. The number of rotatable bonds is 6. The molecular weight excluding hydrogens is 356 g/mol. The summed E-state index contributed by atoms with van der Waals surface area (Å²) in [6, 6.07) is 3.24. The van der Waals surface area contributed by atoms with Crippen molar-refractivity contribution in [3.05, 3.63) is 22.2 Å². The molecule has 0 aliphatic carbocycles. The predicted octanol–water partition coefficient (Wildman–Crippen LogP) is 1.69. The van der Waals surface area contributed by atoms with E-state index >= 15 is 0 Å². The van der Waals surface area contributed by atoms with Crippen LogP contribution in [0.2, 0.25) is 0 Å². The van der Waals surface area contributed by atoms with E-state index < -0.39 is 10.0 Å². The summed E-state index contributed by atoms with van der Waals surface area (Å²) < 4.78 is 32.6. The van der Waals surface area contributed by atoms with E-state index in [2.05, 4.69) is 26.0 Å². The molecule has 0 aliphatic heterocycles. The van der Waals surface area contributed by atoms with E-state index in [0.717, 1.165) is 10.0 Å². The van der Waals surface area contributed by atoms with Gasteiger partial charge in [-0.05, 0) is 31.7 Å². The Morgan fingerprint density at radius 3 is 2.47 bits per heavy atom. The molecule has 5 nitrogen and oxygen atoms in total. The highest BCUT2D eigenvalue weighted by Gasteiger charge is 2.20. The molecule has 1 rings (SSSR count). The first kappa shape index (κ1) is 18.7. The van der Waals surface area contributed by atoms with E-state index in [1.807, 2.05) is 6.92 Å². The first-order valence-corrected chi connectivity index (χ1v) is 7.68. The van der Waals surface area contributed by atoms with Crippen molar-refractivity contribution in [2.75, 3.05) is 27.2 Å². The lowest BCUT2D eigenvalue weighted by atomic mass is 10.2. The lowest BCUT2D eigenvalue weighted by molar-refractivity contribution is 0.402. The van der Waals surface area contributed by atoms with Gasteiger partial charge in [0.2, 0.25) is 10.0 Å². The summed E-state index contributed by atoms with van der Waals surface area (Å²) in [5, 5.41) is 2.87. The van der Waals surface area contributed by atoms with Gasteiger partial charge in [-0.25, -0.2) is 13.1 Å². The van der Waals surface area contributed by atoms with Gasteiger partial charge in [0.05, 0.1) is 7.11 Å². The van der Waals surface area contributed by atoms with Crippen LogP contribution in [-0.2, 0) is 10.0 Å². The molecule has 0 fully saturated rings. The van der Waals surface area contributed by atoms with Gasteiger partial charge in [-0.15, -0.1) is 12.4 Å². The minimum atomic E-state index is -3.56. The number of hydrogen-bond donors (Lipinski definition) is 2. The SMILES string of the molecule is CNCCNS(=O)(=O)c1cc(Br)c(C)cc1OC.Cl. The maximum Gasteiger partial charge on any atom is 0.244 e. The summed E-state index contributed by atoms with van der Waals surface area (Å²) in [5.74, 6) is 0.340. The molecule has 0 spiro atoms. The maximum atomic E-state index is 12.1. The standard InChI is InChI=1S/C11H17BrN2O3S.ClH/c1-8-6-10(17-3)11(7-9(8)12)18(15,16)14-5-4-13-2;/h6-7,13-14H,4-5H2,1-3H3;1H. The van der Waals surface area contributed by atoms with Gasteiger partial charge in [0, 0.05) is 17.6 Å². The van der Waals surface area contributed by atoms with Gasteiger partial charge in [0.1, 0.15) is 10.6 Å². The molecule has 0 amide bonds. The number of methoxy groups -OCH3 is 1. The summed E-state index contributed by atoms with van der Waals surface area (Å²) >= 11 is 3.32. The van der Waals surface area contributed by atoms with E-state index in [1.165, 1.54) is 7.11 Å². The number of hydrogen-bond acceptors (Lipinski definition) is 4. The highest BCUT2D eigenvalue weighted by atomic mass is 79.9. The highest BCUT2D eigenvalue weighted by Crippen LogP contribution is 2.30. The Bertz CT molecular complexity index is 523. The van der Waals surface area contributed by atoms with Gasteiger partial charge >= 0.3 is 0 Å². The van der Waals surface area contributed by atoms with Crippen LogP contribution >= 0.6 is 28.3 Å². The van der Waals surface area contributed by atoms with Crippen LogP contribution in [0.25, 0.3) is 0 Å². The fraction of sp³-hybridized carbons (Fsp3) is 0.455. The molecule has 0 heterocycles. The van der Waals surface area contributed by atoms with E-state index in [-0.39, 0.29) is 17.3 Å². The first-order chi connectivity index (χ1) is 8.42. The largest absolute Gasteiger partial charge is 0.495 e. The molecule has 19 heavy (non-hydrogen) atoms. The second-order valence-electron chi connectivity index (χ2n) is 3.75. The number of nitrogens with one attached hydrogen (secondary N) is 2. The smallest absolute Gasteiger partial charge is 0.244 e. The van der Waals surface area contributed by atoms with Crippen molar-refractivity contribution in [2.24, 2.45) is 0 Å². The summed E-state index contributed by atoms with van der Waals surface area (Å²) in [5.41, 5.74) is 0.918. The zero-order valence-corrected chi connectivity index (χ0v) is 14.2. The molecule has 0 radical (unpaired) electrons. The Balaban J connectivity index is 0.00000324. The molecule has 0 atom stereocenters. The molecule has 0 bridgehead atoms. The van der Waals surface area contributed by atoms with Crippen LogP contribution < -0.4 is 14.8 Å². The van der Waals surface area contributed by atoms with E-state index in [0.29, 0.717) is 18.8 Å². The van der Waals surface area contributed by atoms with Gasteiger partial charge in [0.25, 0.3) is 0 Å². The second-order valence-corrected chi connectivity index (χ2v) is 6.34. The van der Waals surface area contributed by atoms with Crippen LogP contribution in [0.3, 0.4) is 0 Å². The lowest BCUT2D eigenvalue weighted by Gasteiger charge is -2.12. The van der Waals surface area contributed by atoms with Crippen molar-refractivity contribution in [3.8, 4) is 5.75 Å². The van der Waals surface area contributed by atoms with Gasteiger partial charge in [-0.2, -0.15) is 0 Å². The zero-order chi connectivity index (χ0) is 13.8. The average molecular weight is 374 g/mol. The third-order valence-corrected chi connectivity index (χ3v) is 4.74. The van der Waals surface area contributed by atoms with Crippen LogP contribution in [0, 0.1) is 6.92 Å². The van der Waals surface area contributed by atoms with E-state index in [1.54, 1.807) is 19.2 Å². The fourth-order valence-electron chi connectivity index (χ4n) is 1.39. The number of aryl methyl sites for hydroxylation is 1. The van der Waals surface area contributed by atoms with Crippen molar-refractivity contribution in [1.82, 2.24) is 10.0 Å². The van der Waals surface area contributed by atoms with Gasteiger partial charge in [-0.3, -0.25) is 0 Å². The summed E-state index contributed by atoms with van der Waals surface area (Å²) in [7, 11) is -0.345. The average Bonchev–Trinajstić information content (AvgIpc) is 2.32. The molecule has 0 aromatic heterocycles.